The fraction of sp³-hybridized carbons (Fsp3) is 0.680. The number of hydrogen-bond donors (Lipinski definition) is 2. The van der Waals surface area contributed by atoms with Gasteiger partial charge in [-0.15, -0.1) is 0 Å². The van der Waals surface area contributed by atoms with Crippen LogP contribution in [-0.2, 0) is 9.53 Å². The molecule has 2 N–H and O–H groups in total. The molecule has 2 atom stereocenters. The van der Waals surface area contributed by atoms with E-state index in [0.717, 1.165) is 44.3 Å². The molecule has 0 radical (unpaired) electrons. The van der Waals surface area contributed by atoms with Gasteiger partial charge in [-0.3, -0.25) is 4.79 Å². The Morgan fingerprint density at radius 3 is 2.67 bits per heavy atom. The van der Waals surface area contributed by atoms with E-state index in [1.165, 1.54) is 0 Å². The minimum absolute atomic E-state index is 0.0127. The van der Waals surface area contributed by atoms with Gasteiger partial charge in [0, 0.05) is 44.7 Å². The monoisotopic (exact) mass is 456 g/mol. The quantitative estimate of drug-likeness (QED) is 0.722. The number of hydrogen-bond acceptors (Lipinski definition) is 5. The maximum absolute atomic E-state index is 13.8. The summed E-state index contributed by atoms with van der Waals surface area (Å²) in [6, 6.07) is 10.3. The average Bonchev–Trinajstić information content (AvgIpc) is 3.33. The second-order valence-electron chi connectivity index (χ2n) is 10.2. The summed E-state index contributed by atoms with van der Waals surface area (Å²) in [7, 11) is 0. The topological polar surface area (TPSA) is 85.3 Å². The molecular weight excluding hydrogens is 420 g/mol. The van der Waals surface area contributed by atoms with Crippen LogP contribution in [0.4, 0.5) is 4.79 Å². The number of rotatable bonds is 3. The van der Waals surface area contributed by atoms with Crippen molar-refractivity contribution >= 4 is 11.9 Å². The van der Waals surface area contributed by atoms with Crippen molar-refractivity contribution in [3.8, 4) is 0 Å². The fourth-order valence-corrected chi connectivity index (χ4v) is 6.38. The molecule has 1 saturated carbocycles. The van der Waals surface area contributed by atoms with Crippen molar-refractivity contribution in [1.29, 1.82) is 0 Å². The Bertz CT molecular complexity index is 859. The molecule has 4 fully saturated rings. The first-order valence-corrected chi connectivity index (χ1v) is 12.4. The molecule has 1 aromatic carbocycles. The fourth-order valence-electron chi connectivity index (χ4n) is 6.38. The van der Waals surface area contributed by atoms with Crippen molar-refractivity contribution in [3.05, 3.63) is 35.9 Å². The Kier molecular flexibility index (Phi) is 6.33. The molecule has 33 heavy (non-hydrogen) atoms. The van der Waals surface area contributed by atoms with Crippen LogP contribution in [-0.4, -0.2) is 96.4 Å². The minimum atomic E-state index is -0.963. The summed E-state index contributed by atoms with van der Waals surface area (Å²) in [6.45, 7) is 4.77. The van der Waals surface area contributed by atoms with Crippen LogP contribution in [0.3, 0.4) is 0 Å². The number of piperazine rings is 1. The second kappa shape index (κ2) is 9.24. The maximum Gasteiger partial charge on any atom is 0.320 e. The standard InChI is InChI=1S/C25H36N4O4/c30-22-17-33-15-14-27(22)19-25(32)10-12-28(18-24(25)8-4-5-9-24)23(31)29-13-11-26-16-21(29)20-6-2-1-3-7-20/h1-3,6-7,21,26,32H,4-5,8-19H2/t21-,25?/m0/s1. The van der Waals surface area contributed by atoms with Gasteiger partial charge in [0.05, 0.1) is 24.8 Å². The lowest BCUT2D eigenvalue weighted by molar-refractivity contribution is -0.165. The number of likely N-dealkylation sites (tertiary alicyclic amines) is 1. The van der Waals surface area contributed by atoms with E-state index in [1.807, 2.05) is 28.0 Å². The van der Waals surface area contributed by atoms with E-state index >= 15 is 0 Å². The molecule has 1 aromatic rings. The van der Waals surface area contributed by atoms with Crippen molar-refractivity contribution < 1.29 is 19.4 Å². The lowest BCUT2D eigenvalue weighted by Gasteiger charge is -2.54. The predicted molar refractivity (Wildman–Crippen MR) is 124 cm³/mol. The second-order valence-corrected chi connectivity index (χ2v) is 10.2. The molecular formula is C25H36N4O4. The highest BCUT2D eigenvalue weighted by molar-refractivity contribution is 5.78. The smallest absolute Gasteiger partial charge is 0.320 e. The highest BCUT2D eigenvalue weighted by Crippen LogP contribution is 2.51. The average molecular weight is 457 g/mol. The maximum atomic E-state index is 13.8. The summed E-state index contributed by atoms with van der Waals surface area (Å²) in [5, 5.41) is 15.4. The molecule has 3 amide bonds. The third kappa shape index (κ3) is 4.24. The van der Waals surface area contributed by atoms with Gasteiger partial charge in [0.1, 0.15) is 6.61 Å². The summed E-state index contributed by atoms with van der Waals surface area (Å²) >= 11 is 0. The van der Waals surface area contributed by atoms with Crippen LogP contribution in [0, 0.1) is 5.41 Å². The number of urea groups is 1. The number of benzene rings is 1. The van der Waals surface area contributed by atoms with Gasteiger partial charge in [0.25, 0.3) is 0 Å². The first kappa shape index (κ1) is 22.6. The lowest BCUT2D eigenvalue weighted by atomic mass is 9.65. The van der Waals surface area contributed by atoms with Gasteiger partial charge >= 0.3 is 6.03 Å². The Labute approximate surface area is 195 Å². The van der Waals surface area contributed by atoms with Crippen LogP contribution >= 0.6 is 0 Å². The zero-order valence-electron chi connectivity index (χ0n) is 19.4. The first-order valence-electron chi connectivity index (χ1n) is 12.4. The SMILES string of the molecule is O=C1COCCN1CC1(O)CCN(C(=O)N2CCNC[C@H]2c2ccccc2)CC12CCCC2. The largest absolute Gasteiger partial charge is 0.387 e. The zero-order valence-corrected chi connectivity index (χ0v) is 19.4. The van der Waals surface area contributed by atoms with Gasteiger partial charge in [-0.25, -0.2) is 4.79 Å². The number of ether oxygens (including phenoxy) is 1. The van der Waals surface area contributed by atoms with E-state index in [2.05, 4.69) is 17.4 Å². The van der Waals surface area contributed by atoms with Gasteiger partial charge in [-0.05, 0) is 24.8 Å². The van der Waals surface area contributed by atoms with Crippen LogP contribution in [0.2, 0.25) is 0 Å². The number of piperidine rings is 1. The number of carbonyl (C=O) groups excluding carboxylic acids is 2. The van der Waals surface area contributed by atoms with Crippen molar-refractivity contribution in [1.82, 2.24) is 20.0 Å². The Morgan fingerprint density at radius 2 is 1.91 bits per heavy atom. The van der Waals surface area contributed by atoms with E-state index in [4.69, 9.17) is 4.74 Å². The molecule has 8 heteroatoms. The van der Waals surface area contributed by atoms with Gasteiger partial charge < -0.3 is 29.9 Å². The third-order valence-corrected chi connectivity index (χ3v) is 8.32. The molecule has 1 spiro atoms. The van der Waals surface area contributed by atoms with Crippen LogP contribution < -0.4 is 5.32 Å². The van der Waals surface area contributed by atoms with Gasteiger partial charge in [0.15, 0.2) is 0 Å². The van der Waals surface area contributed by atoms with E-state index in [0.29, 0.717) is 45.8 Å². The molecule has 0 bridgehead atoms. The van der Waals surface area contributed by atoms with E-state index < -0.39 is 5.60 Å². The normalized spacial score (nSPS) is 30.2. The van der Waals surface area contributed by atoms with Gasteiger partial charge in [-0.2, -0.15) is 0 Å². The minimum Gasteiger partial charge on any atom is -0.387 e. The summed E-state index contributed by atoms with van der Waals surface area (Å²) in [5.41, 5.74) is -0.168. The summed E-state index contributed by atoms with van der Waals surface area (Å²) in [6.07, 6.45) is 4.42. The van der Waals surface area contributed by atoms with Crippen LogP contribution in [0.5, 0.6) is 0 Å². The zero-order chi connectivity index (χ0) is 22.9. The van der Waals surface area contributed by atoms with Crippen LogP contribution in [0.15, 0.2) is 30.3 Å². The summed E-state index contributed by atoms with van der Waals surface area (Å²) < 4.78 is 5.28. The number of β-amino-alcohol motifs (C(OH)–C–C–N with tert-alkyl or cyclic N) is 1. The van der Waals surface area contributed by atoms with Crippen LogP contribution in [0.25, 0.3) is 0 Å². The molecule has 3 heterocycles. The highest BCUT2D eigenvalue weighted by atomic mass is 16.5. The molecule has 0 aromatic heterocycles. The molecule has 4 aliphatic rings. The van der Waals surface area contributed by atoms with Crippen molar-refractivity contribution in [2.45, 2.75) is 43.7 Å². The predicted octanol–water partition coefficient (Wildman–Crippen LogP) is 1.61. The molecule has 1 unspecified atom stereocenters. The lowest BCUT2D eigenvalue weighted by Crippen LogP contribution is -2.66. The van der Waals surface area contributed by atoms with E-state index in [-0.39, 0.29) is 30.0 Å². The molecule has 3 aliphatic heterocycles. The number of aliphatic hydroxyl groups is 1. The molecule has 5 rings (SSSR count). The van der Waals surface area contributed by atoms with Gasteiger partial charge in [-0.1, -0.05) is 43.2 Å². The Morgan fingerprint density at radius 1 is 1.12 bits per heavy atom. The molecule has 1 aliphatic carbocycles. The van der Waals surface area contributed by atoms with Crippen molar-refractivity contribution in [2.75, 3.05) is 59.0 Å². The third-order valence-electron chi connectivity index (χ3n) is 8.32. The number of morpholine rings is 1. The van der Waals surface area contributed by atoms with Crippen molar-refractivity contribution in [3.63, 3.8) is 0 Å². The highest BCUT2D eigenvalue weighted by Gasteiger charge is 2.56. The summed E-state index contributed by atoms with van der Waals surface area (Å²) in [5.74, 6) is -0.0483. The Balaban J connectivity index is 1.34. The molecule has 3 saturated heterocycles. The van der Waals surface area contributed by atoms with Crippen molar-refractivity contribution in [2.24, 2.45) is 5.41 Å². The first-order chi connectivity index (χ1) is 16.0. The molecule has 180 valence electrons. The van der Waals surface area contributed by atoms with E-state index in [1.54, 1.807) is 4.90 Å². The molecule has 8 nitrogen and oxygen atoms in total. The van der Waals surface area contributed by atoms with E-state index in [9.17, 15) is 14.7 Å². The van der Waals surface area contributed by atoms with Crippen LogP contribution in [0.1, 0.15) is 43.7 Å². The number of amides is 3. The number of nitrogens with one attached hydrogen (secondary N) is 1. The van der Waals surface area contributed by atoms with Gasteiger partial charge in [0.2, 0.25) is 5.91 Å². The summed E-state index contributed by atoms with van der Waals surface area (Å²) in [4.78, 5) is 31.9. The number of carbonyl (C=O) groups is 2. The Hall–Kier alpha value is -2.16. The number of nitrogens with zero attached hydrogens (tertiary/aromatic N) is 3.